The van der Waals surface area contributed by atoms with Crippen LogP contribution < -0.4 is 10.1 Å². The minimum atomic E-state index is -0.00131. The van der Waals surface area contributed by atoms with Gasteiger partial charge in [-0.3, -0.25) is 4.79 Å². The minimum absolute atomic E-state index is 0.00131. The first kappa shape index (κ1) is 15.0. The molecule has 0 heterocycles. The number of ether oxygens (including phenoxy) is 1. The lowest BCUT2D eigenvalue weighted by atomic mass is 9.49. The first-order valence-electron chi connectivity index (χ1n) is 9.15. The monoisotopic (exact) mass is 313 g/mol. The van der Waals surface area contributed by atoms with Gasteiger partial charge in [0.1, 0.15) is 5.75 Å². The van der Waals surface area contributed by atoms with Gasteiger partial charge in [0, 0.05) is 6.54 Å². The Morgan fingerprint density at radius 2 is 1.65 bits per heavy atom. The number of hydrogen-bond donors (Lipinski definition) is 1. The molecule has 0 aromatic heterocycles. The second kappa shape index (κ2) is 6.18. The standard InChI is InChI=1S/C20H27NO2/c22-19(14-23-18-4-2-1-3-5-18)21-7-6-20-11-15-8-16(12-20)10-17(9-15)13-20/h1-5,15-17H,6-14H2,(H,21,22). The molecule has 1 amide bonds. The van der Waals surface area contributed by atoms with Gasteiger partial charge in [-0.05, 0) is 80.2 Å². The third kappa shape index (κ3) is 3.39. The van der Waals surface area contributed by atoms with Gasteiger partial charge in [0.2, 0.25) is 0 Å². The molecule has 4 aliphatic rings. The number of rotatable bonds is 6. The van der Waals surface area contributed by atoms with Crippen molar-refractivity contribution in [1.82, 2.24) is 5.32 Å². The molecule has 23 heavy (non-hydrogen) atoms. The van der Waals surface area contributed by atoms with Crippen molar-refractivity contribution in [2.24, 2.45) is 23.2 Å². The summed E-state index contributed by atoms with van der Waals surface area (Å²) in [7, 11) is 0. The fourth-order valence-electron chi connectivity index (χ4n) is 5.78. The summed E-state index contributed by atoms with van der Waals surface area (Å²) in [6.45, 7) is 0.925. The van der Waals surface area contributed by atoms with E-state index in [1.165, 1.54) is 38.5 Å². The van der Waals surface area contributed by atoms with Gasteiger partial charge in [0.25, 0.3) is 5.91 Å². The SMILES string of the molecule is O=C(COc1ccccc1)NCCC12CC3CC(CC(C3)C1)C2. The second-order valence-corrected chi connectivity index (χ2v) is 8.12. The zero-order chi connectivity index (χ0) is 15.7. The summed E-state index contributed by atoms with van der Waals surface area (Å²) >= 11 is 0. The molecule has 1 aromatic carbocycles. The molecule has 0 radical (unpaired) electrons. The van der Waals surface area contributed by atoms with Crippen LogP contribution in [-0.2, 0) is 4.79 Å². The largest absolute Gasteiger partial charge is 0.484 e. The molecule has 4 saturated carbocycles. The van der Waals surface area contributed by atoms with Gasteiger partial charge >= 0.3 is 0 Å². The van der Waals surface area contributed by atoms with Crippen molar-refractivity contribution < 1.29 is 9.53 Å². The van der Waals surface area contributed by atoms with E-state index in [-0.39, 0.29) is 12.5 Å². The molecule has 0 spiro atoms. The van der Waals surface area contributed by atoms with E-state index in [9.17, 15) is 4.79 Å². The lowest BCUT2D eigenvalue weighted by Gasteiger charge is -2.57. The van der Waals surface area contributed by atoms with Crippen LogP contribution in [-0.4, -0.2) is 19.1 Å². The number of benzene rings is 1. The molecule has 5 rings (SSSR count). The van der Waals surface area contributed by atoms with Crippen molar-refractivity contribution in [3.05, 3.63) is 30.3 Å². The maximum absolute atomic E-state index is 12.0. The van der Waals surface area contributed by atoms with Crippen molar-refractivity contribution in [1.29, 1.82) is 0 Å². The topological polar surface area (TPSA) is 38.3 Å². The van der Waals surface area contributed by atoms with Crippen LogP contribution in [0.5, 0.6) is 5.75 Å². The maximum atomic E-state index is 12.0. The first-order chi connectivity index (χ1) is 11.2. The number of nitrogens with one attached hydrogen (secondary N) is 1. The predicted octanol–water partition coefficient (Wildman–Crippen LogP) is 3.79. The van der Waals surface area contributed by atoms with E-state index in [2.05, 4.69) is 5.32 Å². The van der Waals surface area contributed by atoms with Gasteiger partial charge in [-0.25, -0.2) is 0 Å². The number of para-hydroxylation sites is 1. The Bertz CT molecular complexity index is 519. The minimum Gasteiger partial charge on any atom is -0.484 e. The van der Waals surface area contributed by atoms with Crippen LogP contribution >= 0.6 is 0 Å². The Kier molecular flexibility index (Phi) is 4.04. The van der Waals surface area contributed by atoms with Crippen LogP contribution in [0.2, 0.25) is 0 Å². The summed E-state index contributed by atoms with van der Waals surface area (Å²) in [5.41, 5.74) is 0.544. The highest BCUT2D eigenvalue weighted by atomic mass is 16.5. The number of hydrogen-bond acceptors (Lipinski definition) is 2. The maximum Gasteiger partial charge on any atom is 0.257 e. The van der Waals surface area contributed by atoms with E-state index < -0.39 is 0 Å². The molecule has 4 fully saturated rings. The molecule has 3 nitrogen and oxygen atoms in total. The zero-order valence-electron chi connectivity index (χ0n) is 13.8. The van der Waals surface area contributed by atoms with E-state index in [1.807, 2.05) is 30.3 Å². The van der Waals surface area contributed by atoms with Gasteiger partial charge in [0.05, 0.1) is 0 Å². The first-order valence-corrected chi connectivity index (χ1v) is 9.15. The third-order valence-corrected chi connectivity index (χ3v) is 6.26. The lowest BCUT2D eigenvalue weighted by Crippen LogP contribution is -2.47. The zero-order valence-corrected chi connectivity index (χ0v) is 13.8. The predicted molar refractivity (Wildman–Crippen MR) is 90.2 cm³/mol. The van der Waals surface area contributed by atoms with Crippen LogP contribution in [0.3, 0.4) is 0 Å². The summed E-state index contributed by atoms with van der Waals surface area (Å²) < 4.78 is 5.50. The van der Waals surface area contributed by atoms with E-state index in [1.54, 1.807) is 0 Å². The van der Waals surface area contributed by atoms with Crippen molar-refractivity contribution >= 4 is 5.91 Å². The van der Waals surface area contributed by atoms with Crippen molar-refractivity contribution in [3.8, 4) is 5.75 Å². The number of carbonyl (C=O) groups excluding carboxylic acids is 1. The Labute approximate surface area is 138 Å². The molecule has 1 N–H and O–H groups in total. The van der Waals surface area contributed by atoms with E-state index >= 15 is 0 Å². The quantitative estimate of drug-likeness (QED) is 0.868. The summed E-state index contributed by atoms with van der Waals surface area (Å²) in [4.78, 5) is 12.0. The van der Waals surface area contributed by atoms with Gasteiger partial charge < -0.3 is 10.1 Å². The molecule has 3 heteroatoms. The van der Waals surface area contributed by atoms with Gasteiger partial charge in [-0.15, -0.1) is 0 Å². The molecule has 0 atom stereocenters. The molecular formula is C20H27NO2. The Morgan fingerprint density at radius 1 is 1.04 bits per heavy atom. The normalized spacial score (nSPS) is 34.3. The highest BCUT2D eigenvalue weighted by Crippen LogP contribution is 2.61. The Balaban J connectivity index is 1.22. The van der Waals surface area contributed by atoms with Crippen molar-refractivity contribution in [3.63, 3.8) is 0 Å². The summed E-state index contributed by atoms with van der Waals surface area (Å²) in [6.07, 6.45) is 9.84. The molecule has 0 unspecified atom stereocenters. The van der Waals surface area contributed by atoms with Crippen LogP contribution in [0.4, 0.5) is 0 Å². The lowest BCUT2D eigenvalue weighted by molar-refractivity contribution is -0.123. The number of carbonyl (C=O) groups is 1. The molecule has 1 aromatic rings. The summed E-state index contributed by atoms with van der Waals surface area (Å²) in [5, 5.41) is 3.06. The number of amides is 1. The second-order valence-electron chi connectivity index (χ2n) is 8.12. The molecular weight excluding hydrogens is 286 g/mol. The van der Waals surface area contributed by atoms with E-state index in [0.29, 0.717) is 5.41 Å². The molecule has 4 aliphatic carbocycles. The molecule has 0 aliphatic heterocycles. The van der Waals surface area contributed by atoms with Gasteiger partial charge in [-0.1, -0.05) is 18.2 Å². The molecule has 4 bridgehead atoms. The highest BCUT2D eigenvalue weighted by molar-refractivity contribution is 5.77. The van der Waals surface area contributed by atoms with Crippen LogP contribution in [0.1, 0.15) is 44.9 Å². The average molecular weight is 313 g/mol. The van der Waals surface area contributed by atoms with Gasteiger partial charge in [0.15, 0.2) is 6.61 Å². The van der Waals surface area contributed by atoms with E-state index in [4.69, 9.17) is 4.74 Å². The Hall–Kier alpha value is -1.51. The molecule has 124 valence electrons. The van der Waals surface area contributed by atoms with E-state index in [0.717, 1.165) is 36.5 Å². The van der Waals surface area contributed by atoms with Crippen LogP contribution in [0, 0.1) is 23.2 Å². The van der Waals surface area contributed by atoms with Crippen LogP contribution in [0.25, 0.3) is 0 Å². The smallest absolute Gasteiger partial charge is 0.257 e. The summed E-state index contributed by atoms with van der Waals surface area (Å²) in [6, 6.07) is 9.53. The van der Waals surface area contributed by atoms with Crippen LogP contribution in [0.15, 0.2) is 30.3 Å². The summed E-state index contributed by atoms with van der Waals surface area (Å²) in [5.74, 6) is 3.71. The van der Waals surface area contributed by atoms with Crippen molar-refractivity contribution in [2.75, 3.05) is 13.2 Å². The fourth-order valence-corrected chi connectivity index (χ4v) is 5.78. The van der Waals surface area contributed by atoms with Crippen molar-refractivity contribution in [2.45, 2.75) is 44.9 Å². The fraction of sp³-hybridized carbons (Fsp3) is 0.650. The van der Waals surface area contributed by atoms with Gasteiger partial charge in [-0.2, -0.15) is 0 Å². The molecule has 0 saturated heterocycles. The Morgan fingerprint density at radius 3 is 2.26 bits per heavy atom. The average Bonchev–Trinajstić information content (AvgIpc) is 2.52. The highest BCUT2D eigenvalue weighted by Gasteiger charge is 2.50. The third-order valence-electron chi connectivity index (χ3n) is 6.26.